The lowest BCUT2D eigenvalue weighted by Gasteiger charge is -2.33. The molecule has 0 unspecified atom stereocenters. The van der Waals surface area contributed by atoms with E-state index < -0.39 is 0 Å². The zero-order valence-corrected chi connectivity index (χ0v) is 15.1. The second-order valence-electron chi connectivity index (χ2n) is 6.27. The number of amidine groups is 1. The minimum Gasteiger partial charge on any atom is -0.381 e. The van der Waals surface area contributed by atoms with Crippen molar-refractivity contribution in [3.8, 4) is 0 Å². The lowest BCUT2D eigenvalue weighted by molar-refractivity contribution is 0.250. The first-order valence-corrected chi connectivity index (χ1v) is 9.59. The number of fused-ring (bicyclic) bond motifs is 4. The number of aromatic nitrogens is 1. The highest BCUT2D eigenvalue weighted by Crippen LogP contribution is 2.32. The van der Waals surface area contributed by atoms with Gasteiger partial charge in [-0.3, -0.25) is 0 Å². The van der Waals surface area contributed by atoms with Gasteiger partial charge in [0.1, 0.15) is 0 Å². The molecule has 5 rings (SSSR count). The number of hydrogen-bond acceptors (Lipinski definition) is 6. The monoisotopic (exact) mass is 359 g/mol. The molecule has 0 radical (unpaired) electrons. The Morgan fingerprint density at radius 1 is 1.25 bits per heavy atom. The molecule has 0 atom stereocenters. The molecule has 0 spiro atoms. The number of thiol groups is 1. The van der Waals surface area contributed by atoms with Crippen molar-refractivity contribution in [3.05, 3.63) is 34.8 Å². The van der Waals surface area contributed by atoms with Crippen LogP contribution >= 0.6 is 24.0 Å². The van der Waals surface area contributed by atoms with Crippen molar-refractivity contribution >= 4 is 41.2 Å². The van der Waals surface area contributed by atoms with E-state index >= 15 is 0 Å². The summed E-state index contributed by atoms with van der Waals surface area (Å²) in [6.45, 7) is 4.68. The summed E-state index contributed by atoms with van der Waals surface area (Å²) in [6.07, 6.45) is 4.23. The third-order valence-electron chi connectivity index (χ3n) is 4.84. The van der Waals surface area contributed by atoms with E-state index in [1.165, 1.54) is 43.0 Å². The van der Waals surface area contributed by atoms with Gasteiger partial charge in [-0.2, -0.15) is 0 Å². The number of nitrogens with two attached hydrogens (primary N) is 1. The maximum Gasteiger partial charge on any atom is 0.160 e. The molecule has 0 saturated carbocycles. The van der Waals surface area contributed by atoms with Gasteiger partial charge in [-0.1, -0.05) is 0 Å². The molecule has 0 aliphatic carbocycles. The SMILES string of the molecule is NC(=Nc1ccc(N2CCN3CCC2CC3)cc1S)c1nccs1. The Bertz CT molecular complexity index is 735. The second-order valence-corrected chi connectivity index (χ2v) is 7.65. The van der Waals surface area contributed by atoms with Crippen LogP contribution in [0.15, 0.2) is 39.7 Å². The summed E-state index contributed by atoms with van der Waals surface area (Å²) in [5, 5.41) is 2.64. The molecule has 3 aliphatic heterocycles. The molecule has 2 bridgehead atoms. The average Bonchev–Trinajstić information content (AvgIpc) is 2.98. The van der Waals surface area contributed by atoms with Crippen LogP contribution in [0.5, 0.6) is 0 Å². The quantitative estimate of drug-likeness (QED) is 0.503. The van der Waals surface area contributed by atoms with Gasteiger partial charge in [0, 0.05) is 54.4 Å². The molecular formula is C17H21N5S2. The number of thiazole rings is 1. The van der Waals surface area contributed by atoms with Crippen molar-refractivity contribution in [2.45, 2.75) is 23.8 Å². The Morgan fingerprint density at radius 2 is 2.08 bits per heavy atom. The Kier molecular flexibility index (Phi) is 4.47. The van der Waals surface area contributed by atoms with E-state index in [1.807, 2.05) is 11.4 Å². The molecule has 2 aromatic rings. The molecule has 7 heteroatoms. The molecule has 126 valence electrons. The van der Waals surface area contributed by atoms with Crippen LogP contribution in [0.1, 0.15) is 17.8 Å². The van der Waals surface area contributed by atoms with E-state index in [4.69, 9.17) is 5.73 Å². The smallest absolute Gasteiger partial charge is 0.160 e. The zero-order valence-electron chi connectivity index (χ0n) is 13.4. The highest BCUT2D eigenvalue weighted by molar-refractivity contribution is 7.80. The second kappa shape index (κ2) is 6.74. The van der Waals surface area contributed by atoms with E-state index in [9.17, 15) is 0 Å². The predicted molar refractivity (Wildman–Crippen MR) is 103 cm³/mol. The van der Waals surface area contributed by atoms with Crippen molar-refractivity contribution < 1.29 is 0 Å². The number of piperidine rings is 1. The summed E-state index contributed by atoms with van der Waals surface area (Å²) in [5.74, 6) is 0.439. The Balaban J connectivity index is 1.59. The normalized spacial score (nSPS) is 24.2. The molecule has 2 N–H and O–H groups in total. The Labute approximate surface area is 151 Å². The molecule has 0 amide bonds. The van der Waals surface area contributed by atoms with Crippen LogP contribution in [-0.2, 0) is 0 Å². The Hall–Kier alpha value is -1.57. The van der Waals surface area contributed by atoms with E-state index in [2.05, 4.69) is 44.5 Å². The fourth-order valence-corrected chi connectivity index (χ4v) is 4.33. The number of nitrogens with zero attached hydrogens (tertiary/aromatic N) is 4. The van der Waals surface area contributed by atoms with Crippen molar-refractivity contribution in [1.82, 2.24) is 9.88 Å². The van der Waals surface area contributed by atoms with Gasteiger partial charge in [0.25, 0.3) is 0 Å². The number of aliphatic imine (C=N–C) groups is 1. The fraction of sp³-hybridized carbons (Fsp3) is 0.412. The number of anilines is 1. The van der Waals surface area contributed by atoms with Crippen molar-refractivity contribution in [3.63, 3.8) is 0 Å². The van der Waals surface area contributed by atoms with Crippen LogP contribution in [0.2, 0.25) is 0 Å². The molecule has 24 heavy (non-hydrogen) atoms. The highest BCUT2D eigenvalue weighted by atomic mass is 32.1. The molecule has 5 nitrogen and oxygen atoms in total. The summed E-state index contributed by atoms with van der Waals surface area (Å²) in [4.78, 5) is 14.6. The van der Waals surface area contributed by atoms with Gasteiger partial charge >= 0.3 is 0 Å². The topological polar surface area (TPSA) is 57.8 Å². The first-order chi connectivity index (χ1) is 11.7. The Morgan fingerprint density at radius 3 is 2.79 bits per heavy atom. The van der Waals surface area contributed by atoms with E-state index in [0.29, 0.717) is 11.9 Å². The largest absolute Gasteiger partial charge is 0.381 e. The third kappa shape index (κ3) is 3.16. The summed E-state index contributed by atoms with van der Waals surface area (Å²) in [5.41, 5.74) is 8.07. The lowest BCUT2D eigenvalue weighted by atomic mass is 10.0. The minimum atomic E-state index is 0.439. The minimum absolute atomic E-state index is 0.439. The first kappa shape index (κ1) is 15.9. The van der Waals surface area contributed by atoms with Crippen molar-refractivity contribution in [1.29, 1.82) is 0 Å². The predicted octanol–water partition coefficient (Wildman–Crippen LogP) is 2.75. The molecule has 3 fully saturated rings. The molecule has 4 heterocycles. The summed E-state index contributed by atoms with van der Waals surface area (Å²) >= 11 is 6.13. The van der Waals surface area contributed by atoms with Crippen molar-refractivity contribution in [2.24, 2.45) is 10.7 Å². The molecule has 1 aromatic heterocycles. The van der Waals surface area contributed by atoms with Crippen molar-refractivity contribution in [2.75, 3.05) is 31.1 Å². The highest BCUT2D eigenvalue weighted by Gasteiger charge is 2.29. The van der Waals surface area contributed by atoms with E-state index in [0.717, 1.165) is 28.7 Å². The number of benzene rings is 1. The van der Waals surface area contributed by atoms with Gasteiger partial charge in [0.05, 0.1) is 5.69 Å². The maximum atomic E-state index is 6.04. The van der Waals surface area contributed by atoms with Gasteiger partial charge in [-0.15, -0.1) is 24.0 Å². The molecule has 3 aliphatic rings. The van der Waals surface area contributed by atoms with Gasteiger partial charge in [-0.25, -0.2) is 9.98 Å². The lowest BCUT2D eigenvalue weighted by Crippen LogP contribution is -2.37. The van der Waals surface area contributed by atoms with Crippen LogP contribution in [0.25, 0.3) is 0 Å². The summed E-state index contributed by atoms with van der Waals surface area (Å²) in [7, 11) is 0. The van der Waals surface area contributed by atoms with Gasteiger partial charge in [0.2, 0.25) is 0 Å². The van der Waals surface area contributed by atoms with Crippen LogP contribution in [0.3, 0.4) is 0 Å². The molecular weight excluding hydrogens is 338 g/mol. The number of rotatable bonds is 3. The van der Waals surface area contributed by atoms with Crippen LogP contribution in [0.4, 0.5) is 11.4 Å². The molecule has 1 aromatic carbocycles. The summed E-state index contributed by atoms with van der Waals surface area (Å²) in [6, 6.07) is 6.91. The summed E-state index contributed by atoms with van der Waals surface area (Å²) < 4.78 is 0. The van der Waals surface area contributed by atoms with Crippen LogP contribution in [0, 0.1) is 0 Å². The van der Waals surface area contributed by atoms with Crippen LogP contribution in [-0.4, -0.2) is 47.9 Å². The van der Waals surface area contributed by atoms with Crippen LogP contribution < -0.4 is 10.6 Å². The fourth-order valence-electron chi connectivity index (χ4n) is 3.54. The third-order valence-corrected chi connectivity index (χ3v) is 5.99. The van der Waals surface area contributed by atoms with Gasteiger partial charge in [0.15, 0.2) is 10.8 Å². The first-order valence-electron chi connectivity index (χ1n) is 8.27. The van der Waals surface area contributed by atoms with Gasteiger partial charge in [-0.05, 0) is 31.0 Å². The standard InChI is InChI=1S/C17H21N5S2/c18-16(17-19-5-10-24-17)20-14-2-1-13(11-15(14)23)22-9-8-21-6-3-12(22)4-7-21/h1-2,5,10-12,23H,3-4,6-9H2,(H2,18,20). The van der Waals surface area contributed by atoms with E-state index in [-0.39, 0.29) is 0 Å². The van der Waals surface area contributed by atoms with Gasteiger partial charge < -0.3 is 15.5 Å². The average molecular weight is 360 g/mol. The van der Waals surface area contributed by atoms with E-state index in [1.54, 1.807) is 6.20 Å². The zero-order chi connectivity index (χ0) is 16.5. The number of hydrogen-bond donors (Lipinski definition) is 2. The maximum absolute atomic E-state index is 6.04. The molecule has 3 saturated heterocycles.